The van der Waals surface area contributed by atoms with Crippen molar-refractivity contribution in [3.8, 4) is 0 Å². The zero-order valence-corrected chi connectivity index (χ0v) is 10.7. The summed E-state index contributed by atoms with van der Waals surface area (Å²) in [7, 11) is 0. The Morgan fingerprint density at radius 1 is 1.47 bits per heavy atom. The van der Waals surface area contributed by atoms with E-state index in [0.29, 0.717) is 13.0 Å². The van der Waals surface area contributed by atoms with Gasteiger partial charge in [-0.2, -0.15) is 0 Å². The van der Waals surface area contributed by atoms with Gasteiger partial charge in [0.25, 0.3) is 5.91 Å². The number of carbonyl (C=O) groups excluding carboxylic acids is 2. The lowest BCUT2D eigenvalue weighted by Crippen LogP contribution is -2.49. The van der Waals surface area contributed by atoms with Gasteiger partial charge in [-0.15, -0.1) is 0 Å². The average Bonchev–Trinajstić information content (AvgIpc) is 2.63. The quantitative estimate of drug-likeness (QED) is 0.796. The van der Waals surface area contributed by atoms with Crippen LogP contribution in [0.25, 0.3) is 0 Å². The lowest BCUT2D eigenvalue weighted by molar-refractivity contribution is -0.151. The SMILES string of the molecule is CC(=O)N[C@H]1CCO[C@@]2(C1)C(=O)Nc1ccccc12. The van der Waals surface area contributed by atoms with E-state index in [1.807, 2.05) is 24.3 Å². The van der Waals surface area contributed by atoms with Crippen LogP contribution in [-0.2, 0) is 19.9 Å². The van der Waals surface area contributed by atoms with Crippen molar-refractivity contribution in [2.75, 3.05) is 11.9 Å². The fraction of sp³-hybridized carbons (Fsp3) is 0.429. The minimum absolute atomic E-state index is 0.0249. The minimum atomic E-state index is -0.942. The van der Waals surface area contributed by atoms with Crippen LogP contribution in [0.15, 0.2) is 24.3 Å². The average molecular weight is 260 g/mol. The molecule has 1 aromatic rings. The third-order valence-corrected chi connectivity index (χ3v) is 3.73. The molecular weight excluding hydrogens is 244 g/mol. The van der Waals surface area contributed by atoms with Crippen molar-refractivity contribution < 1.29 is 14.3 Å². The molecule has 2 N–H and O–H groups in total. The number of anilines is 1. The first-order valence-corrected chi connectivity index (χ1v) is 6.44. The third kappa shape index (κ3) is 1.90. The lowest BCUT2D eigenvalue weighted by Gasteiger charge is -2.36. The van der Waals surface area contributed by atoms with Crippen LogP contribution in [0.1, 0.15) is 25.3 Å². The van der Waals surface area contributed by atoms with Crippen LogP contribution in [0.3, 0.4) is 0 Å². The lowest BCUT2D eigenvalue weighted by atomic mass is 9.85. The van der Waals surface area contributed by atoms with Crippen molar-refractivity contribution in [1.29, 1.82) is 0 Å². The van der Waals surface area contributed by atoms with E-state index in [1.165, 1.54) is 6.92 Å². The van der Waals surface area contributed by atoms with E-state index in [9.17, 15) is 9.59 Å². The highest BCUT2D eigenvalue weighted by Crippen LogP contribution is 2.44. The number of carbonyl (C=O) groups is 2. The Morgan fingerprint density at radius 3 is 3.05 bits per heavy atom. The molecule has 3 rings (SSSR count). The highest BCUT2D eigenvalue weighted by atomic mass is 16.5. The van der Waals surface area contributed by atoms with Crippen LogP contribution >= 0.6 is 0 Å². The summed E-state index contributed by atoms with van der Waals surface area (Å²) >= 11 is 0. The standard InChI is InChI=1S/C14H16N2O3/c1-9(17)15-10-6-7-19-14(8-10)11-4-2-3-5-12(11)16-13(14)18/h2-5,10H,6-8H2,1H3,(H,15,17)(H,16,18)/t10-,14+/m0/s1. The fourth-order valence-electron chi connectivity index (χ4n) is 2.93. The van der Waals surface area contributed by atoms with Crippen molar-refractivity contribution in [1.82, 2.24) is 5.32 Å². The molecule has 1 spiro atoms. The molecule has 0 aliphatic carbocycles. The van der Waals surface area contributed by atoms with Gasteiger partial charge in [0.2, 0.25) is 5.91 Å². The molecule has 19 heavy (non-hydrogen) atoms. The number of amides is 2. The molecule has 2 aliphatic heterocycles. The van der Waals surface area contributed by atoms with E-state index >= 15 is 0 Å². The second-order valence-corrected chi connectivity index (χ2v) is 5.07. The topological polar surface area (TPSA) is 67.4 Å². The molecule has 1 aromatic carbocycles. The first-order chi connectivity index (χ1) is 9.12. The number of nitrogens with one attached hydrogen (secondary N) is 2. The molecule has 0 aromatic heterocycles. The summed E-state index contributed by atoms with van der Waals surface area (Å²) in [5, 5.41) is 5.74. The number of fused-ring (bicyclic) bond motifs is 2. The van der Waals surface area contributed by atoms with E-state index in [2.05, 4.69) is 10.6 Å². The normalized spacial score (nSPS) is 28.9. The Morgan fingerprint density at radius 2 is 2.26 bits per heavy atom. The first kappa shape index (κ1) is 12.2. The maximum atomic E-state index is 12.3. The van der Waals surface area contributed by atoms with Gasteiger partial charge in [0.1, 0.15) is 0 Å². The van der Waals surface area contributed by atoms with E-state index in [1.54, 1.807) is 0 Å². The summed E-state index contributed by atoms with van der Waals surface area (Å²) in [5.74, 6) is -0.211. The molecule has 0 bridgehead atoms. The molecule has 0 unspecified atom stereocenters. The van der Waals surface area contributed by atoms with Gasteiger partial charge in [-0.05, 0) is 12.5 Å². The molecule has 1 saturated heterocycles. The van der Waals surface area contributed by atoms with Crippen LogP contribution in [0.2, 0.25) is 0 Å². The van der Waals surface area contributed by atoms with E-state index in [-0.39, 0.29) is 17.9 Å². The molecule has 2 aliphatic rings. The first-order valence-electron chi connectivity index (χ1n) is 6.44. The predicted octanol–water partition coefficient (Wildman–Crippen LogP) is 1.15. The van der Waals surface area contributed by atoms with Gasteiger partial charge >= 0.3 is 0 Å². The van der Waals surface area contributed by atoms with Gasteiger partial charge in [-0.1, -0.05) is 18.2 Å². The van der Waals surface area contributed by atoms with Gasteiger partial charge < -0.3 is 15.4 Å². The van der Waals surface area contributed by atoms with Crippen LogP contribution in [-0.4, -0.2) is 24.5 Å². The van der Waals surface area contributed by atoms with Crippen molar-refractivity contribution in [2.45, 2.75) is 31.4 Å². The number of para-hydroxylation sites is 1. The van der Waals surface area contributed by atoms with Gasteiger partial charge in [0.15, 0.2) is 5.60 Å². The maximum absolute atomic E-state index is 12.3. The summed E-state index contributed by atoms with van der Waals surface area (Å²) in [5.41, 5.74) is 0.730. The van der Waals surface area contributed by atoms with Crippen LogP contribution < -0.4 is 10.6 Å². The molecule has 0 radical (unpaired) electrons. The third-order valence-electron chi connectivity index (χ3n) is 3.73. The van der Waals surface area contributed by atoms with Crippen molar-refractivity contribution in [3.63, 3.8) is 0 Å². The van der Waals surface area contributed by atoms with Crippen molar-refractivity contribution in [3.05, 3.63) is 29.8 Å². The summed E-state index contributed by atoms with van der Waals surface area (Å²) in [6.45, 7) is 1.96. The van der Waals surface area contributed by atoms with Crippen molar-refractivity contribution >= 4 is 17.5 Å². The summed E-state index contributed by atoms with van der Waals surface area (Å²) in [6.07, 6.45) is 1.21. The zero-order valence-electron chi connectivity index (χ0n) is 10.7. The molecule has 5 nitrogen and oxygen atoms in total. The van der Waals surface area contributed by atoms with E-state index < -0.39 is 5.60 Å². The Balaban J connectivity index is 1.94. The molecule has 2 amide bonds. The second kappa shape index (κ2) is 4.35. The van der Waals surface area contributed by atoms with Gasteiger partial charge in [-0.3, -0.25) is 9.59 Å². The van der Waals surface area contributed by atoms with Gasteiger partial charge in [0.05, 0.1) is 6.61 Å². The number of hydrogen-bond acceptors (Lipinski definition) is 3. The molecule has 1 fully saturated rings. The van der Waals surface area contributed by atoms with Crippen LogP contribution in [0.5, 0.6) is 0 Å². The summed E-state index contributed by atoms with van der Waals surface area (Å²) in [6, 6.07) is 7.53. The van der Waals surface area contributed by atoms with Gasteiger partial charge in [-0.25, -0.2) is 0 Å². The largest absolute Gasteiger partial charge is 0.360 e. The highest BCUT2D eigenvalue weighted by molar-refractivity contribution is 6.05. The molecule has 2 atom stereocenters. The highest BCUT2D eigenvalue weighted by Gasteiger charge is 2.51. The second-order valence-electron chi connectivity index (χ2n) is 5.07. The molecule has 0 saturated carbocycles. The Hall–Kier alpha value is -1.88. The number of rotatable bonds is 1. The molecular formula is C14H16N2O3. The number of hydrogen-bond donors (Lipinski definition) is 2. The Labute approximate surface area is 111 Å². The Kier molecular flexibility index (Phi) is 2.78. The smallest absolute Gasteiger partial charge is 0.261 e. The molecule has 5 heteroatoms. The number of benzene rings is 1. The Bertz CT molecular complexity index is 543. The van der Waals surface area contributed by atoms with Crippen LogP contribution in [0, 0.1) is 0 Å². The van der Waals surface area contributed by atoms with Crippen molar-refractivity contribution in [2.24, 2.45) is 0 Å². The van der Waals surface area contributed by atoms with E-state index in [0.717, 1.165) is 17.7 Å². The monoisotopic (exact) mass is 260 g/mol. The molecule has 100 valence electrons. The zero-order chi connectivity index (χ0) is 13.5. The number of ether oxygens (including phenoxy) is 1. The minimum Gasteiger partial charge on any atom is -0.360 e. The van der Waals surface area contributed by atoms with Crippen LogP contribution in [0.4, 0.5) is 5.69 Å². The predicted molar refractivity (Wildman–Crippen MR) is 69.5 cm³/mol. The molecule has 2 heterocycles. The van der Waals surface area contributed by atoms with Gasteiger partial charge in [0, 0.05) is 30.6 Å². The fourth-order valence-corrected chi connectivity index (χ4v) is 2.93. The summed E-state index contributed by atoms with van der Waals surface area (Å²) in [4.78, 5) is 23.5. The summed E-state index contributed by atoms with van der Waals surface area (Å²) < 4.78 is 5.81. The van der Waals surface area contributed by atoms with E-state index in [4.69, 9.17) is 4.74 Å². The maximum Gasteiger partial charge on any atom is 0.261 e.